The molecule has 0 saturated carbocycles. The fourth-order valence-corrected chi connectivity index (χ4v) is 2.74. The largest absolute Gasteiger partial charge is 0.310 e. The summed E-state index contributed by atoms with van der Waals surface area (Å²) < 4.78 is 0. The molecule has 1 N–H and O–H groups in total. The van der Waals surface area contributed by atoms with Gasteiger partial charge in [-0.1, -0.05) is 39.3 Å². The van der Waals surface area contributed by atoms with Gasteiger partial charge >= 0.3 is 0 Å². The normalized spacial score (nSPS) is 11.1. The summed E-state index contributed by atoms with van der Waals surface area (Å²) in [6, 6.07) is 7.38. The molecule has 0 spiro atoms. The molecule has 0 amide bonds. The van der Waals surface area contributed by atoms with Crippen molar-refractivity contribution >= 4 is 11.8 Å². The van der Waals surface area contributed by atoms with Gasteiger partial charge in [0.2, 0.25) is 0 Å². The Kier molecular flexibility index (Phi) is 6.68. The maximum atomic E-state index is 3.45. The average molecular weight is 251 g/mol. The van der Waals surface area contributed by atoms with E-state index in [1.54, 1.807) is 0 Å². The summed E-state index contributed by atoms with van der Waals surface area (Å²) in [5.74, 6) is 1.24. The first-order chi connectivity index (χ1) is 8.13. The Bertz CT molecular complexity index is 334. The zero-order valence-electron chi connectivity index (χ0n) is 11.5. The monoisotopic (exact) mass is 251 g/mol. The topological polar surface area (TPSA) is 12.0 Å². The van der Waals surface area contributed by atoms with Crippen LogP contribution in [0.15, 0.2) is 23.1 Å². The highest BCUT2D eigenvalue weighted by Crippen LogP contribution is 2.24. The molecule has 96 valence electrons. The van der Waals surface area contributed by atoms with Crippen LogP contribution >= 0.6 is 11.8 Å². The summed E-state index contributed by atoms with van der Waals surface area (Å²) >= 11 is 1.98. The number of aryl methyl sites for hydroxylation is 1. The molecular formula is C15H25NS. The van der Waals surface area contributed by atoms with Crippen molar-refractivity contribution in [3.63, 3.8) is 0 Å². The molecule has 0 saturated heterocycles. The molecule has 2 heteroatoms. The summed E-state index contributed by atoms with van der Waals surface area (Å²) in [6.45, 7) is 9.79. The minimum atomic E-state index is 0.550. The van der Waals surface area contributed by atoms with Crippen molar-refractivity contribution in [3.8, 4) is 0 Å². The van der Waals surface area contributed by atoms with E-state index in [0.29, 0.717) is 6.04 Å². The van der Waals surface area contributed by atoms with Crippen LogP contribution in [0.25, 0.3) is 0 Å². The van der Waals surface area contributed by atoms with E-state index in [-0.39, 0.29) is 0 Å². The number of rotatable bonds is 7. The second kappa shape index (κ2) is 7.78. The van der Waals surface area contributed by atoms with Gasteiger partial charge in [0.05, 0.1) is 0 Å². The van der Waals surface area contributed by atoms with Crippen molar-refractivity contribution in [3.05, 3.63) is 29.3 Å². The lowest BCUT2D eigenvalue weighted by atomic mass is 10.1. The van der Waals surface area contributed by atoms with Gasteiger partial charge in [-0.05, 0) is 36.3 Å². The number of benzene rings is 1. The van der Waals surface area contributed by atoms with Gasteiger partial charge in [0.1, 0.15) is 0 Å². The van der Waals surface area contributed by atoms with Gasteiger partial charge in [-0.15, -0.1) is 11.8 Å². The standard InChI is InChI=1S/C15H25NS/c1-5-6-9-17-15-8-7-14(10-13(15)4)11-16-12(2)3/h7-8,10,12,16H,5-6,9,11H2,1-4H3. The number of hydrogen-bond acceptors (Lipinski definition) is 2. The van der Waals surface area contributed by atoms with Gasteiger partial charge in [-0.25, -0.2) is 0 Å². The predicted molar refractivity (Wildman–Crippen MR) is 78.8 cm³/mol. The van der Waals surface area contributed by atoms with E-state index in [0.717, 1.165) is 6.54 Å². The summed E-state index contributed by atoms with van der Waals surface area (Å²) in [6.07, 6.45) is 2.59. The lowest BCUT2D eigenvalue weighted by Crippen LogP contribution is -2.21. The Morgan fingerprint density at radius 2 is 2.06 bits per heavy atom. The number of thioether (sulfide) groups is 1. The molecule has 1 rings (SSSR count). The quantitative estimate of drug-likeness (QED) is 0.570. The van der Waals surface area contributed by atoms with Crippen LogP contribution in [0.4, 0.5) is 0 Å². The van der Waals surface area contributed by atoms with Crippen LogP contribution in [0.2, 0.25) is 0 Å². The minimum Gasteiger partial charge on any atom is -0.310 e. The van der Waals surface area contributed by atoms with Crippen LogP contribution in [-0.2, 0) is 6.54 Å². The number of hydrogen-bond donors (Lipinski definition) is 1. The van der Waals surface area contributed by atoms with E-state index in [9.17, 15) is 0 Å². The Balaban J connectivity index is 2.53. The van der Waals surface area contributed by atoms with Crippen LogP contribution in [0.1, 0.15) is 44.7 Å². The van der Waals surface area contributed by atoms with Crippen LogP contribution in [0.3, 0.4) is 0 Å². The smallest absolute Gasteiger partial charge is 0.0207 e. The molecular weight excluding hydrogens is 226 g/mol. The first-order valence-corrected chi connectivity index (χ1v) is 7.57. The summed E-state index contributed by atoms with van der Waals surface area (Å²) in [5.41, 5.74) is 2.80. The van der Waals surface area contributed by atoms with Gasteiger partial charge in [0.15, 0.2) is 0 Å². The molecule has 0 bridgehead atoms. The maximum Gasteiger partial charge on any atom is 0.0207 e. The van der Waals surface area contributed by atoms with E-state index in [1.807, 2.05) is 11.8 Å². The molecule has 1 nitrogen and oxygen atoms in total. The summed E-state index contributed by atoms with van der Waals surface area (Å²) in [7, 11) is 0. The van der Waals surface area contributed by atoms with Crippen molar-refractivity contribution in [1.82, 2.24) is 5.32 Å². The van der Waals surface area contributed by atoms with Crippen LogP contribution < -0.4 is 5.32 Å². The van der Waals surface area contributed by atoms with E-state index in [4.69, 9.17) is 0 Å². The SMILES string of the molecule is CCCCSc1ccc(CNC(C)C)cc1C. The second-order valence-electron chi connectivity index (χ2n) is 4.84. The van der Waals surface area contributed by atoms with Gasteiger partial charge in [0.25, 0.3) is 0 Å². The molecule has 0 fully saturated rings. The number of nitrogens with one attached hydrogen (secondary N) is 1. The lowest BCUT2D eigenvalue weighted by molar-refractivity contribution is 0.588. The second-order valence-corrected chi connectivity index (χ2v) is 5.97. The molecule has 17 heavy (non-hydrogen) atoms. The molecule has 0 atom stereocenters. The van der Waals surface area contributed by atoms with Crippen LogP contribution in [0, 0.1) is 6.92 Å². The third kappa shape index (κ3) is 5.60. The van der Waals surface area contributed by atoms with Crippen molar-refractivity contribution < 1.29 is 0 Å². The molecule has 0 aliphatic rings. The average Bonchev–Trinajstić information content (AvgIpc) is 2.29. The molecule has 1 aromatic rings. The Morgan fingerprint density at radius 1 is 1.29 bits per heavy atom. The van der Waals surface area contributed by atoms with Crippen molar-refractivity contribution in [2.45, 2.75) is 58.0 Å². The third-order valence-electron chi connectivity index (χ3n) is 2.71. The molecule has 0 aliphatic carbocycles. The Hall–Kier alpha value is -0.470. The van der Waals surface area contributed by atoms with Gasteiger partial charge in [0, 0.05) is 17.5 Å². The van der Waals surface area contributed by atoms with Gasteiger partial charge in [-0.3, -0.25) is 0 Å². The molecule has 0 aliphatic heterocycles. The third-order valence-corrected chi connectivity index (χ3v) is 3.97. The van der Waals surface area contributed by atoms with Gasteiger partial charge in [-0.2, -0.15) is 0 Å². The summed E-state index contributed by atoms with van der Waals surface area (Å²) in [4.78, 5) is 1.44. The van der Waals surface area contributed by atoms with Crippen LogP contribution in [-0.4, -0.2) is 11.8 Å². The van der Waals surface area contributed by atoms with Crippen molar-refractivity contribution in [1.29, 1.82) is 0 Å². The highest BCUT2D eigenvalue weighted by Gasteiger charge is 2.01. The van der Waals surface area contributed by atoms with E-state index in [1.165, 1.54) is 34.6 Å². The van der Waals surface area contributed by atoms with E-state index < -0.39 is 0 Å². The van der Waals surface area contributed by atoms with Crippen LogP contribution in [0.5, 0.6) is 0 Å². The highest BCUT2D eigenvalue weighted by atomic mass is 32.2. The Labute approximate surface area is 110 Å². The van der Waals surface area contributed by atoms with Crippen molar-refractivity contribution in [2.24, 2.45) is 0 Å². The van der Waals surface area contributed by atoms with Gasteiger partial charge < -0.3 is 5.32 Å². The summed E-state index contributed by atoms with van der Waals surface area (Å²) in [5, 5.41) is 3.45. The van der Waals surface area contributed by atoms with Crippen molar-refractivity contribution in [2.75, 3.05) is 5.75 Å². The fraction of sp³-hybridized carbons (Fsp3) is 0.600. The zero-order chi connectivity index (χ0) is 12.7. The predicted octanol–water partition coefficient (Wildman–Crippen LogP) is 4.39. The first kappa shape index (κ1) is 14.6. The zero-order valence-corrected chi connectivity index (χ0v) is 12.4. The molecule has 0 aromatic heterocycles. The van der Waals surface area contributed by atoms with E-state index >= 15 is 0 Å². The number of unbranched alkanes of at least 4 members (excludes halogenated alkanes) is 1. The first-order valence-electron chi connectivity index (χ1n) is 6.59. The fourth-order valence-electron chi connectivity index (χ4n) is 1.63. The lowest BCUT2D eigenvalue weighted by Gasteiger charge is -2.11. The Morgan fingerprint density at radius 3 is 2.65 bits per heavy atom. The maximum absolute atomic E-state index is 3.45. The molecule has 0 unspecified atom stereocenters. The van der Waals surface area contributed by atoms with E-state index in [2.05, 4.69) is 51.2 Å². The highest BCUT2D eigenvalue weighted by molar-refractivity contribution is 7.99. The minimum absolute atomic E-state index is 0.550. The molecule has 0 radical (unpaired) electrons. The molecule has 0 heterocycles. The molecule has 1 aromatic carbocycles.